The molecular formula is C17H22N4O6S2. The zero-order valence-corrected chi connectivity index (χ0v) is 17.2. The van der Waals surface area contributed by atoms with Crippen LogP contribution in [0.3, 0.4) is 0 Å². The Morgan fingerprint density at radius 2 is 1.55 bits per heavy atom. The van der Waals surface area contributed by atoms with E-state index < -0.39 is 26.1 Å². The maximum atomic E-state index is 12.4. The molecule has 0 unspecified atom stereocenters. The fourth-order valence-electron chi connectivity index (χ4n) is 2.22. The summed E-state index contributed by atoms with van der Waals surface area (Å²) in [7, 11) is -6.08. The number of ether oxygens (including phenoxy) is 1. The van der Waals surface area contributed by atoms with Crippen LogP contribution in [0.1, 0.15) is 5.56 Å². The topological polar surface area (TPSA) is 157 Å². The van der Waals surface area contributed by atoms with Gasteiger partial charge in [0.05, 0.1) is 16.4 Å². The van der Waals surface area contributed by atoms with E-state index in [1.807, 2.05) is 0 Å². The highest BCUT2D eigenvalue weighted by atomic mass is 32.2. The van der Waals surface area contributed by atoms with Crippen LogP contribution in [0.15, 0.2) is 58.3 Å². The van der Waals surface area contributed by atoms with Gasteiger partial charge >= 0.3 is 6.03 Å². The zero-order valence-electron chi connectivity index (χ0n) is 15.6. The number of amides is 2. The Bertz CT molecular complexity index is 1040. The number of primary sulfonamides is 1. The molecule has 0 aliphatic rings. The second kappa shape index (κ2) is 9.80. The van der Waals surface area contributed by atoms with Crippen LogP contribution < -0.4 is 20.5 Å². The maximum absolute atomic E-state index is 12.4. The van der Waals surface area contributed by atoms with E-state index in [4.69, 9.17) is 9.88 Å². The third kappa shape index (κ3) is 7.11. The second-order valence-electron chi connectivity index (χ2n) is 5.91. The van der Waals surface area contributed by atoms with Gasteiger partial charge in [0.2, 0.25) is 20.0 Å². The van der Waals surface area contributed by atoms with Gasteiger partial charge in [-0.25, -0.2) is 31.5 Å². The van der Waals surface area contributed by atoms with Crippen LogP contribution in [0.5, 0.6) is 0 Å². The van der Waals surface area contributed by atoms with Crippen molar-refractivity contribution in [1.29, 1.82) is 0 Å². The van der Waals surface area contributed by atoms with E-state index in [0.29, 0.717) is 24.4 Å². The Balaban J connectivity index is 1.96. The van der Waals surface area contributed by atoms with E-state index in [-0.39, 0.29) is 16.3 Å². The molecule has 0 atom stereocenters. The molecule has 2 aromatic carbocycles. The second-order valence-corrected chi connectivity index (χ2v) is 9.24. The van der Waals surface area contributed by atoms with Crippen LogP contribution in [0.4, 0.5) is 10.5 Å². The molecule has 0 spiro atoms. The number of carbonyl (C=O) groups is 1. The Kier molecular flexibility index (Phi) is 7.70. The van der Waals surface area contributed by atoms with E-state index in [0.717, 1.165) is 0 Å². The van der Waals surface area contributed by atoms with Crippen molar-refractivity contribution in [3.8, 4) is 0 Å². The Labute approximate surface area is 169 Å². The molecule has 0 heterocycles. The van der Waals surface area contributed by atoms with E-state index in [2.05, 4.69) is 15.4 Å². The van der Waals surface area contributed by atoms with Crippen molar-refractivity contribution in [3.63, 3.8) is 0 Å². The summed E-state index contributed by atoms with van der Waals surface area (Å²) in [6.07, 6.45) is 0. The Morgan fingerprint density at radius 1 is 0.966 bits per heavy atom. The Morgan fingerprint density at radius 3 is 2.10 bits per heavy atom. The summed E-state index contributed by atoms with van der Waals surface area (Å²) in [6, 6.07) is 10.8. The van der Waals surface area contributed by atoms with Gasteiger partial charge in [-0.05, 0) is 42.0 Å². The van der Waals surface area contributed by atoms with E-state index in [1.54, 1.807) is 0 Å². The molecule has 0 aromatic heterocycles. The molecule has 0 saturated carbocycles. The molecule has 0 aliphatic heterocycles. The largest absolute Gasteiger partial charge is 0.383 e. The summed E-state index contributed by atoms with van der Waals surface area (Å²) in [5, 5.41) is 10.2. The number of nitrogens with one attached hydrogen (secondary N) is 3. The number of hydrogen-bond donors (Lipinski definition) is 4. The van der Waals surface area contributed by atoms with Crippen molar-refractivity contribution in [2.45, 2.75) is 16.3 Å². The van der Waals surface area contributed by atoms with Gasteiger partial charge < -0.3 is 15.4 Å². The molecule has 2 rings (SSSR count). The number of nitrogens with two attached hydrogens (primary N) is 1. The van der Waals surface area contributed by atoms with Crippen LogP contribution in [-0.2, 0) is 31.3 Å². The summed E-state index contributed by atoms with van der Waals surface area (Å²) in [6.45, 7) is 0.688. The van der Waals surface area contributed by atoms with Gasteiger partial charge in [-0.2, -0.15) is 0 Å². The number of sulfonamides is 2. The van der Waals surface area contributed by atoms with E-state index in [9.17, 15) is 21.6 Å². The smallest absolute Gasteiger partial charge is 0.319 e. The highest BCUT2D eigenvalue weighted by Gasteiger charge is 2.14. The molecule has 2 amide bonds. The van der Waals surface area contributed by atoms with Gasteiger partial charge in [-0.1, -0.05) is 12.1 Å². The minimum Gasteiger partial charge on any atom is -0.383 e. The minimum absolute atomic E-state index is 0.0176. The normalized spacial score (nSPS) is 11.8. The molecule has 29 heavy (non-hydrogen) atoms. The molecule has 0 saturated heterocycles. The van der Waals surface area contributed by atoms with Crippen LogP contribution in [0, 0.1) is 0 Å². The number of hydrogen-bond acceptors (Lipinski definition) is 6. The van der Waals surface area contributed by atoms with Crippen molar-refractivity contribution < 1.29 is 26.4 Å². The van der Waals surface area contributed by atoms with Crippen molar-refractivity contribution in [1.82, 2.24) is 10.0 Å². The van der Waals surface area contributed by atoms with Crippen molar-refractivity contribution in [2.75, 3.05) is 25.6 Å². The first-order valence-corrected chi connectivity index (χ1v) is 11.4. The standard InChI is InChI=1S/C17H22N4O6S2/c1-27-11-10-19-17(22)21-14-4-8-16(9-5-14)29(25,26)20-12-13-2-6-15(7-3-13)28(18,23)24/h2-9,20H,10-12H2,1H3,(H2,18,23,24)(H2,19,21,22). The lowest BCUT2D eigenvalue weighted by atomic mass is 10.2. The van der Waals surface area contributed by atoms with Gasteiger partial charge in [0.15, 0.2) is 0 Å². The predicted octanol–water partition coefficient (Wildman–Crippen LogP) is 0.580. The highest BCUT2D eigenvalue weighted by molar-refractivity contribution is 7.89. The monoisotopic (exact) mass is 442 g/mol. The van der Waals surface area contributed by atoms with Crippen molar-refractivity contribution in [2.24, 2.45) is 5.14 Å². The first-order valence-electron chi connectivity index (χ1n) is 8.37. The van der Waals surface area contributed by atoms with Crippen molar-refractivity contribution in [3.05, 3.63) is 54.1 Å². The molecule has 158 valence electrons. The number of rotatable bonds is 9. The third-order valence-electron chi connectivity index (χ3n) is 3.73. The molecular weight excluding hydrogens is 420 g/mol. The molecule has 12 heteroatoms. The van der Waals surface area contributed by atoms with Gasteiger partial charge in [0.25, 0.3) is 0 Å². The van der Waals surface area contributed by atoms with Gasteiger partial charge in [-0.3, -0.25) is 0 Å². The van der Waals surface area contributed by atoms with Crippen LogP contribution in [0.25, 0.3) is 0 Å². The zero-order chi connectivity index (χ0) is 21.5. The quantitative estimate of drug-likeness (QED) is 0.416. The van der Waals surface area contributed by atoms with Gasteiger partial charge in [-0.15, -0.1) is 0 Å². The van der Waals surface area contributed by atoms with Crippen LogP contribution in [-0.4, -0.2) is 43.1 Å². The van der Waals surface area contributed by atoms with E-state index >= 15 is 0 Å². The number of carbonyl (C=O) groups excluding carboxylic acids is 1. The first kappa shape index (κ1) is 22.8. The number of methoxy groups -OCH3 is 1. The number of benzene rings is 2. The third-order valence-corrected chi connectivity index (χ3v) is 6.08. The van der Waals surface area contributed by atoms with Crippen molar-refractivity contribution >= 4 is 31.8 Å². The summed E-state index contributed by atoms with van der Waals surface area (Å²) in [4.78, 5) is 11.6. The molecule has 0 aliphatic carbocycles. The molecule has 0 fully saturated rings. The first-order chi connectivity index (χ1) is 13.6. The average molecular weight is 443 g/mol. The summed E-state index contributed by atoms with van der Waals surface area (Å²) in [5.74, 6) is 0. The lowest BCUT2D eigenvalue weighted by Gasteiger charge is -2.10. The molecule has 0 radical (unpaired) electrons. The Hall–Kier alpha value is -2.51. The fraction of sp³-hybridized carbons (Fsp3) is 0.235. The van der Waals surface area contributed by atoms with Crippen LogP contribution >= 0.6 is 0 Å². The molecule has 5 N–H and O–H groups in total. The average Bonchev–Trinajstić information content (AvgIpc) is 2.67. The van der Waals surface area contributed by atoms with Crippen LogP contribution in [0.2, 0.25) is 0 Å². The SMILES string of the molecule is COCCNC(=O)Nc1ccc(S(=O)(=O)NCc2ccc(S(N)(=O)=O)cc2)cc1. The summed E-state index contributed by atoms with van der Waals surface area (Å²) in [5.41, 5.74) is 0.990. The lowest BCUT2D eigenvalue weighted by Crippen LogP contribution is -2.31. The highest BCUT2D eigenvalue weighted by Crippen LogP contribution is 2.15. The summed E-state index contributed by atoms with van der Waals surface area (Å²) >= 11 is 0. The number of urea groups is 1. The van der Waals surface area contributed by atoms with E-state index in [1.165, 1.54) is 55.6 Å². The molecule has 0 bridgehead atoms. The van der Waals surface area contributed by atoms with Gasteiger partial charge in [0, 0.05) is 25.9 Å². The lowest BCUT2D eigenvalue weighted by molar-refractivity contribution is 0.198. The summed E-state index contributed by atoms with van der Waals surface area (Å²) < 4.78 is 54.5. The predicted molar refractivity (Wildman–Crippen MR) is 107 cm³/mol. The molecule has 2 aromatic rings. The minimum atomic E-state index is -3.80. The fourth-order valence-corrected chi connectivity index (χ4v) is 3.75. The van der Waals surface area contributed by atoms with Gasteiger partial charge in [0.1, 0.15) is 0 Å². The number of anilines is 1. The maximum Gasteiger partial charge on any atom is 0.319 e. The molecule has 10 nitrogen and oxygen atoms in total.